The van der Waals surface area contributed by atoms with Gasteiger partial charge in [-0.1, -0.05) is 0 Å². The monoisotopic (exact) mass is 402 g/mol. The quantitative estimate of drug-likeness (QED) is 0.631. The van der Waals surface area contributed by atoms with Gasteiger partial charge in [0.15, 0.2) is 17.5 Å². The molecule has 5 nitrogen and oxygen atoms in total. The molecule has 10 heteroatoms. The molecule has 0 aromatic heterocycles. The third-order valence-electron chi connectivity index (χ3n) is 4.16. The molecule has 1 aliphatic rings. The van der Waals surface area contributed by atoms with Crippen molar-refractivity contribution in [3.05, 3.63) is 59.2 Å². The van der Waals surface area contributed by atoms with Gasteiger partial charge >= 0.3 is 0 Å². The average molecular weight is 402 g/mol. The Bertz CT molecular complexity index is 1010. The number of sulfonamides is 1. The standard InChI is InChI=1S/C17H14F4N2O3S/c18-11-4-3-10(9-14(11)27(25,26)23-7-1-2-8-23)17(24)22-13-6-5-12(19)15(20)16(13)21/h3-6,9H,1-2,7-8H2,(H,22,24). The van der Waals surface area contributed by atoms with Crippen LogP contribution in [0.1, 0.15) is 23.2 Å². The van der Waals surface area contributed by atoms with Gasteiger partial charge in [0.25, 0.3) is 5.91 Å². The first-order valence-corrected chi connectivity index (χ1v) is 9.40. The van der Waals surface area contributed by atoms with Gasteiger partial charge in [0.2, 0.25) is 10.0 Å². The number of carbonyl (C=O) groups excluding carboxylic acids is 1. The van der Waals surface area contributed by atoms with Gasteiger partial charge in [0.1, 0.15) is 10.7 Å². The van der Waals surface area contributed by atoms with Crippen molar-refractivity contribution in [3.63, 3.8) is 0 Å². The summed E-state index contributed by atoms with van der Waals surface area (Å²) in [6, 6.07) is 4.08. The highest BCUT2D eigenvalue weighted by atomic mass is 32.2. The zero-order valence-corrected chi connectivity index (χ0v) is 14.6. The molecule has 3 rings (SSSR count). The molecule has 0 radical (unpaired) electrons. The van der Waals surface area contributed by atoms with Crippen LogP contribution in [0.4, 0.5) is 23.2 Å². The molecule has 2 aromatic rings. The second-order valence-corrected chi connectivity index (χ2v) is 7.84. The van der Waals surface area contributed by atoms with Gasteiger partial charge in [-0.3, -0.25) is 4.79 Å². The fourth-order valence-corrected chi connectivity index (χ4v) is 4.33. The minimum Gasteiger partial charge on any atom is -0.319 e. The van der Waals surface area contributed by atoms with Crippen LogP contribution in [-0.2, 0) is 10.0 Å². The number of nitrogens with zero attached hydrogens (tertiary/aromatic N) is 1. The van der Waals surface area contributed by atoms with Crippen molar-refractivity contribution in [1.29, 1.82) is 0 Å². The van der Waals surface area contributed by atoms with E-state index >= 15 is 0 Å². The maximum Gasteiger partial charge on any atom is 0.255 e. The molecule has 0 aliphatic carbocycles. The lowest BCUT2D eigenvalue weighted by Crippen LogP contribution is -2.29. The SMILES string of the molecule is O=C(Nc1ccc(F)c(F)c1F)c1ccc(F)c(S(=O)(=O)N2CCCC2)c1. The van der Waals surface area contributed by atoms with Gasteiger partial charge in [0.05, 0.1) is 5.69 Å². The van der Waals surface area contributed by atoms with E-state index in [1.807, 2.05) is 5.32 Å². The first-order valence-electron chi connectivity index (χ1n) is 7.96. The Hall–Kier alpha value is -2.46. The number of nitrogens with one attached hydrogen (secondary N) is 1. The maximum absolute atomic E-state index is 14.1. The molecule has 144 valence electrons. The van der Waals surface area contributed by atoms with Crippen LogP contribution in [0.3, 0.4) is 0 Å². The number of rotatable bonds is 4. The van der Waals surface area contributed by atoms with E-state index in [1.54, 1.807) is 0 Å². The summed E-state index contributed by atoms with van der Waals surface area (Å²) >= 11 is 0. The van der Waals surface area contributed by atoms with E-state index in [4.69, 9.17) is 0 Å². The number of anilines is 1. The Balaban J connectivity index is 1.92. The molecule has 1 N–H and O–H groups in total. The van der Waals surface area contributed by atoms with E-state index in [0.717, 1.165) is 28.6 Å². The Labute approximate surface area is 152 Å². The number of benzene rings is 2. The van der Waals surface area contributed by atoms with E-state index in [0.29, 0.717) is 18.9 Å². The third-order valence-corrected chi connectivity index (χ3v) is 6.07. The van der Waals surface area contributed by atoms with Gasteiger partial charge < -0.3 is 5.32 Å². The Morgan fingerprint density at radius 2 is 1.56 bits per heavy atom. The zero-order chi connectivity index (χ0) is 19.8. The molecule has 1 amide bonds. The van der Waals surface area contributed by atoms with Crippen LogP contribution in [0.2, 0.25) is 0 Å². The summed E-state index contributed by atoms with van der Waals surface area (Å²) in [7, 11) is -4.12. The van der Waals surface area contributed by atoms with Crippen LogP contribution in [0.25, 0.3) is 0 Å². The van der Waals surface area contributed by atoms with Crippen molar-refractivity contribution >= 4 is 21.6 Å². The van der Waals surface area contributed by atoms with E-state index < -0.39 is 49.8 Å². The number of amides is 1. The minimum atomic E-state index is -4.12. The highest BCUT2D eigenvalue weighted by molar-refractivity contribution is 7.89. The molecular weight excluding hydrogens is 388 g/mol. The number of hydrogen-bond donors (Lipinski definition) is 1. The lowest BCUT2D eigenvalue weighted by Gasteiger charge is -2.16. The van der Waals surface area contributed by atoms with Crippen molar-refractivity contribution in [2.75, 3.05) is 18.4 Å². The normalized spacial score (nSPS) is 15.1. The molecule has 0 atom stereocenters. The van der Waals surface area contributed by atoms with Crippen LogP contribution in [0, 0.1) is 23.3 Å². The molecule has 2 aromatic carbocycles. The summed E-state index contributed by atoms with van der Waals surface area (Å²) in [5, 5.41) is 2.01. The second-order valence-electron chi connectivity index (χ2n) is 5.93. The molecule has 1 heterocycles. The molecule has 1 aliphatic heterocycles. The van der Waals surface area contributed by atoms with Gasteiger partial charge in [-0.25, -0.2) is 26.0 Å². The largest absolute Gasteiger partial charge is 0.319 e. The molecule has 0 saturated carbocycles. The van der Waals surface area contributed by atoms with Crippen molar-refractivity contribution in [2.45, 2.75) is 17.7 Å². The molecular formula is C17H14F4N2O3S. The summed E-state index contributed by atoms with van der Waals surface area (Å²) in [4.78, 5) is 11.6. The lowest BCUT2D eigenvalue weighted by molar-refractivity contribution is 0.102. The number of carbonyl (C=O) groups is 1. The van der Waals surface area contributed by atoms with E-state index in [1.165, 1.54) is 0 Å². The van der Waals surface area contributed by atoms with E-state index in [9.17, 15) is 30.8 Å². The molecule has 27 heavy (non-hydrogen) atoms. The summed E-state index contributed by atoms with van der Waals surface area (Å²) in [5.74, 6) is -6.82. The minimum absolute atomic E-state index is 0.248. The summed E-state index contributed by atoms with van der Waals surface area (Å²) in [6.45, 7) is 0.497. The van der Waals surface area contributed by atoms with Crippen LogP contribution in [-0.4, -0.2) is 31.7 Å². The van der Waals surface area contributed by atoms with E-state index in [2.05, 4.69) is 0 Å². The maximum atomic E-state index is 14.1. The zero-order valence-electron chi connectivity index (χ0n) is 13.8. The lowest BCUT2D eigenvalue weighted by atomic mass is 10.2. The Kier molecular flexibility index (Phi) is 5.20. The first kappa shape index (κ1) is 19.3. The summed E-state index contributed by atoms with van der Waals surface area (Å²) in [6.07, 6.45) is 1.30. The second kappa shape index (κ2) is 7.28. The molecule has 1 saturated heterocycles. The molecule has 0 spiro atoms. The highest BCUT2D eigenvalue weighted by Crippen LogP contribution is 2.25. The van der Waals surface area contributed by atoms with Crippen LogP contribution in [0.15, 0.2) is 35.2 Å². The van der Waals surface area contributed by atoms with Gasteiger partial charge in [0, 0.05) is 18.7 Å². The van der Waals surface area contributed by atoms with Crippen molar-refractivity contribution in [3.8, 4) is 0 Å². The topological polar surface area (TPSA) is 66.5 Å². The summed E-state index contributed by atoms with van der Waals surface area (Å²) < 4.78 is 80.1. The Morgan fingerprint density at radius 3 is 2.22 bits per heavy atom. The first-order chi connectivity index (χ1) is 12.7. The Morgan fingerprint density at radius 1 is 0.926 bits per heavy atom. The fourth-order valence-electron chi connectivity index (χ4n) is 2.73. The summed E-state index contributed by atoms with van der Waals surface area (Å²) in [5.41, 5.74) is -0.912. The predicted octanol–water partition coefficient (Wildman–Crippen LogP) is 3.28. The van der Waals surface area contributed by atoms with Gasteiger partial charge in [-0.15, -0.1) is 0 Å². The number of halogens is 4. The van der Waals surface area contributed by atoms with Crippen LogP contribution < -0.4 is 5.32 Å². The van der Waals surface area contributed by atoms with Gasteiger partial charge in [-0.2, -0.15) is 4.31 Å². The van der Waals surface area contributed by atoms with Crippen LogP contribution >= 0.6 is 0 Å². The molecule has 0 unspecified atom stereocenters. The molecule has 0 bridgehead atoms. The van der Waals surface area contributed by atoms with E-state index in [-0.39, 0.29) is 18.7 Å². The van der Waals surface area contributed by atoms with Crippen LogP contribution in [0.5, 0.6) is 0 Å². The smallest absolute Gasteiger partial charge is 0.255 e. The highest BCUT2D eigenvalue weighted by Gasteiger charge is 2.30. The van der Waals surface area contributed by atoms with Gasteiger partial charge in [-0.05, 0) is 43.2 Å². The molecule has 1 fully saturated rings. The van der Waals surface area contributed by atoms with Crippen molar-refractivity contribution < 1.29 is 30.8 Å². The van der Waals surface area contributed by atoms with Crippen molar-refractivity contribution in [1.82, 2.24) is 4.31 Å². The average Bonchev–Trinajstić information content (AvgIpc) is 3.18. The fraction of sp³-hybridized carbons (Fsp3) is 0.235. The van der Waals surface area contributed by atoms with Crippen molar-refractivity contribution in [2.24, 2.45) is 0 Å². The number of hydrogen-bond acceptors (Lipinski definition) is 3. The third kappa shape index (κ3) is 3.67. The predicted molar refractivity (Wildman–Crippen MR) is 88.7 cm³/mol.